The molecule has 0 aliphatic heterocycles. The highest BCUT2D eigenvalue weighted by Crippen LogP contribution is 2.16. The van der Waals surface area contributed by atoms with Crippen molar-refractivity contribution in [1.82, 2.24) is 0 Å². The number of carboxylic acid groups (broad SMARTS) is 1. The summed E-state index contributed by atoms with van der Waals surface area (Å²) in [5.74, 6) is -4.84. The van der Waals surface area contributed by atoms with E-state index in [9.17, 15) is 18.0 Å². The number of benzene rings is 1. The molecule has 0 heterocycles. The summed E-state index contributed by atoms with van der Waals surface area (Å²) in [6.07, 6.45) is -1.66. The third kappa shape index (κ3) is 2.73. The van der Waals surface area contributed by atoms with Crippen molar-refractivity contribution in [3.63, 3.8) is 0 Å². The number of carboxylic acids is 1. The zero-order chi connectivity index (χ0) is 12.3. The summed E-state index contributed by atoms with van der Waals surface area (Å²) in [7, 11) is 1.14. The summed E-state index contributed by atoms with van der Waals surface area (Å²) in [6, 6.07) is 0.999. The minimum atomic E-state index is -1.31. The average Bonchev–Trinajstić information content (AvgIpc) is 2.21. The minimum absolute atomic E-state index is 0.242. The fraction of sp³-hybridized carbons (Fsp3) is 0.300. The predicted molar refractivity (Wildman–Crippen MR) is 48.5 cm³/mol. The molecule has 1 atom stereocenters. The van der Waals surface area contributed by atoms with E-state index in [2.05, 4.69) is 4.74 Å². The fourth-order valence-corrected chi connectivity index (χ4v) is 1.19. The molecule has 1 aromatic carbocycles. The maximum absolute atomic E-state index is 13.1. The lowest BCUT2D eigenvalue weighted by molar-refractivity contribution is -0.148. The van der Waals surface area contributed by atoms with E-state index in [1.54, 1.807) is 0 Å². The van der Waals surface area contributed by atoms with Crippen molar-refractivity contribution in [2.45, 2.75) is 12.5 Å². The van der Waals surface area contributed by atoms with E-state index < -0.39 is 29.5 Å². The third-order valence-corrected chi connectivity index (χ3v) is 2.05. The average molecular weight is 234 g/mol. The maximum atomic E-state index is 13.1. The Morgan fingerprint density at radius 3 is 2.38 bits per heavy atom. The smallest absolute Gasteiger partial charge is 0.333 e. The molecular formula is C10H9F3O3. The topological polar surface area (TPSA) is 46.5 Å². The van der Waals surface area contributed by atoms with Crippen molar-refractivity contribution < 1.29 is 27.8 Å². The molecular weight excluding hydrogens is 225 g/mol. The molecule has 0 saturated heterocycles. The number of hydrogen-bond acceptors (Lipinski definition) is 2. The van der Waals surface area contributed by atoms with Gasteiger partial charge in [0.1, 0.15) is 5.82 Å². The Morgan fingerprint density at radius 2 is 1.88 bits per heavy atom. The van der Waals surface area contributed by atoms with Gasteiger partial charge in [-0.05, 0) is 11.6 Å². The van der Waals surface area contributed by atoms with Crippen LogP contribution in [0.4, 0.5) is 13.2 Å². The number of methoxy groups -OCH3 is 1. The van der Waals surface area contributed by atoms with Crippen LogP contribution >= 0.6 is 0 Å². The summed E-state index contributed by atoms with van der Waals surface area (Å²) < 4.78 is 43.1. The Bertz CT molecular complexity index is 407. The van der Waals surface area contributed by atoms with Crippen molar-refractivity contribution in [2.24, 2.45) is 0 Å². The molecule has 3 nitrogen and oxygen atoms in total. The molecule has 1 aromatic rings. The van der Waals surface area contributed by atoms with Gasteiger partial charge in [-0.25, -0.2) is 18.0 Å². The summed E-state index contributed by atoms with van der Waals surface area (Å²) >= 11 is 0. The van der Waals surface area contributed by atoms with E-state index >= 15 is 0 Å². The van der Waals surface area contributed by atoms with Gasteiger partial charge in [0.2, 0.25) is 0 Å². The third-order valence-electron chi connectivity index (χ3n) is 2.05. The maximum Gasteiger partial charge on any atom is 0.333 e. The number of halogens is 3. The number of aliphatic carboxylic acids is 1. The van der Waals surface area contributed by atoms with Gasteiger partial charge >= 0.3 is 5.97 Å². The Balaban J connectivity index is 2.96. The molecule has 0 fully saturated rings. The molecule has 1 rings (SSSR count). The highest BCUT2D eigenvalue weighted by Gasteiger charge is 2.20. The standard InChI is InChI=1S/C10H9F3O3/c1-16-9(10(14)15)3-5-2-7(12)8(13)4-6(5)11/h2,4,9H,3H2,1H3,(H,14,15). The van der Waals surface area contributed by atoms with Crippen LogP contribution in [0.1, 0.15) is 5.56 Å². The lowest BCUT2D eigenvalue weighted by Crippen LogP contribution is -2.25. The molecule has 0 bridgehead atoms. The fourth-order valence-electron chi connectivity index (χ4n) is 1.19. The number of carbonyl (C=O) groups is 1. The van der Waals surface area contributed by atoms with Crippen LogP contribution in [0, 0.1) is 17.5 Å². The largest absolute Gasteiger partial charge is 0.479 e. The second-order valence-corrected chi connectivity index (χ2v) is 3.12. The van der Waals surface area contributed by atoms with Crippen molar-refractivity contribution in [1.29, 1.82) is 0 Å². The number of hydrogen-bond donors (Lipinski definition) is 1. The highest BCUT2D eigenvalue weighted by molar-refractivity contribution is 5.72. The Labute approximate surface area is 89.5 Å². The Kier molecular flexibility index (Phi) is 3.89. The zero-order valence-corrected chi connectivity index (χ0v) is 8.34. The zero-order valence-electron chi connectivity index (χ0n) is 8.34. The van der Waals surface area contributed by atoms with Crippen LogP contribution < -0.4 is 0 Å². The molecule has 1 unspecified atom stereocenters. The van der Waals surface area contributed by atoms with Crippen molar-refractivity contribution in [3.05, 3.63) is 35.1 Å². The quantitative estimate of drug-likeness (QED) is 0.807. The van der Waals surface area contributed by atoms with Crippen molar-refractivity contribution >= 4 is 5.97 Å². The van der Waals surface area contributed by atoms with Crippen LogP contribution in [0.3, 0.4) is 0 Å². The molecule has 0 radical (unpaired) electrons. The van der Waals surface area contributed by atoms with Gasteiger partial charge in [-0.1, -0.05) is 0 Å². The van der Waals surface area contributed by atoms with Crippen LogP contribution in [0.2, 0.25) is 0 Å². The number of rotatable bonds is 4. The Morgan fingerprint density at radius 1 is 1.31 bits per heavy atom. The van der Waals surface area contributed by atoms with E-state index in [-0.39, 0.29) is 12.0 Å². The molecule has 0 spiro atoms. The summed E-state index contributed by atoms with van der Waals surface area (Å²) in [6.45, 7) is 0. The molecule has 0 aliphatic carbocycles. The SMILES string of the molecule is COC(Cc1cc(F)c(F)cc1F)C(=O)O. The van der Waals surface area contributed by atoms with Crippen molar-refractivity contribution in [2.75, 3.05) is 7.11 Å². The van der Waals surface area contributed by atoms with E-state index in [1.807, 2.05) is 0 Å². The van der Waals surface area contributed by atoms with Crippen molar-refractivity contribution in [3.8, 4) is 0 Å². The lowest BCUT2D eigenvalue weighted by atomic mass is 10.1. The monoisotopic (exact) mass is 234 g/mol. The van der Waals surface area contributed by atoms with Crippen LogP contribution in [0.15, 0.2) is 12.1 Å². The van der Waals surface area contributed by atoms with Gasteiger partial charge < -0.3 is 9.84 Å². The highest BCUT2D eigenvalue weighted by atomic mass is 19.2. The molecule has 0 aromatic heterocycles. The second-order valence-electron chi connectivity index (χ2n) is 3.12. The van der Waals surface area contributed by atoms with Gasteiger partial charge in [0.15, 0.2) is 17.7 Å². The van der Waals surface area contributed by atoms with Crippen LogP contribution in [-0.2, 0) is 16.0 Å². The van der Waals surface area contributed by atoms with Crippen LogP contribution in [0.25, 0.3) is 0 Å². The van der Waals surface area contributed by atoms with Gasteiger partial charge in [-0.3, -0.25) is 0 Å². The van der Waals surface area contributed by atoms with E-state index in [0.29, 0.717) is 12.1 Å². The summed E-state index contributed by atoms with van der Waals surface area (Å²) in [5, 5.41) is 8.63. The summed E-state index contributed by atoms with van der Waals surface area (Å²) in [4.78, 5) is 10.6. The first-order chi connectivity index (χ1) is 7.45. The van der Waals surface area contributed by atoms with E-state index in [1.165, 1.54) is 0 Å². The molecule has 0 saturated carbocycles. The first-order valence-corrected chi connectivity index (χ1v) is 4.34. The minimum Gasteiger partial charge on any atom is -0.479 e. The number of ether oxygens (including phenoxy) is 1. The molecule has 88 valence electrons. The molecule has 6 heteroatoms. The normalized spacial score (nSPS) is 12.5. The van der Waals surface area contributed by atoms with E-state index in [4.69, 9.17) is 5.11 Å². The molecule has 0 amide bonds. The van der Waals surface area contributed by atoms with Gasteiger partial charge in [0.25, 0.3) is 0 Å². The van der Waals surface area contributed by atoms with Gasteiger partial charge in [0.05, 0.1) is 0 Å². The lowest BCUT2D eigenvalue weighted by Gasteiger charge is -2.11. The Hall–Kier alpha value is -1.56. The molecule has 0 aliphatic rings. The van der Waals surface area contributed by atoms with E-state index in [0.717, 1.165) is 7.11 Å². The van der Waals surface area contributed by atoms with Gasteiger partial charge in [-0.2, -0.15) is 0 Å². The van der Waals surface area contributed by atoms with Gasteiger partial charge in [-0.15, -0.1) is 0 Å². The first kappa shape index (κ1) is 12.5. The molecule has 16 heavy (non-hydrogen) atoms. The van der Waals surface area contributed by atoms with Gasteiger partial charge in [0, 0.05) is 19.6 Å². The van der Waals surface area contributed by atoms with Crippen LogP contribution in [-0.4, -0.2) is 24.3 Å². The van der Waals surface area contributed by atoms with Crippen LogP contribution in [0.5, 0.6) is 0 Å². The predicted octanol–water partition coefficient (Wildman–Crippen LogP) is 1.75. The first-order valence-electron chi connectivity index (χ1n) is 4.34. The molecule has 1 N–H and O–H groups in total. The summed E-state index contributed by atoms with van der Waals surface area (Å²) in [5.41, 5.74) is -0.242. The second kappa shape index (κ2) is 4.98.